The van der Waals surface area contributed by atoms with Crippen molar-refractivity contribution < 1.29 is 19.2 Å². The molecule has 0 atom stereocenters. The van der Waals surface area contributed by atoms with Crippen molar-refractivity contribution in [3.8, 4) is 5.75 Å². The zero-order valence-corrected chi connectivity index (χ0v) is 8.93. The van der Waals surface area contributed by atoms with E-state index in [0.29, 0.717) is 11.3 Å². The lowest BCUT2D eigenvalue weighted by molar-refractivity contribution is -0.384. The van der Waals surface area contributed by atoms with E-state index in [1.54, 1.807) is 0 Å². The molecule has 0 radical (unpaired) electrons. The van der Waals surface area contributed by atoms with E-state index in [2.05, 4.69) is 4.74 Å². The van der Waals surface area contributed by atoms with Crippen LogP contribution in [-0.2, 0) is 16.0 Å². The van der Waals surface area contributed by atoms with Crippen molar-refractivity contribution >= 4 is 11.7 Å². The molecule has 0 amide bonds. The predicted octanol–water partition coefficient (Wildman–Crippen LogP) is 1.32. The molecular weight excluding hydrogens is 214 g/mol. The molecule has 0 saturated carbocycles. The number of esters is 1. The Balaban J connectivity index is 3.02. The maximum atomic E-state index is 11.1. The number of rotatable bonds is 4. The number of nitrogens with zero attached hydrogens (tertiary/aromatic N) is 1. The normalized spacial score (nSPS) is 9.62. The molecule has 6 heteroatoms. The molecule has 0 bridgehead atoms. The number of nitro benzene ring substituents is 1. The maximum absolute atomic E-state index is 11.1. The fourth-order valence-electron chi connectivity index (χ4n) is 1.22. The second-order valence-electron chi connectivity index (χ2n) is 3.01. The number of benzene rings is 1. The van der Waals surface area contributed by atoms with Gasteiger partial charge in [-0.25, -0.2) is 0 Å². The Labute approximate surface area is 91.9 Å². The molecule has 0 fully saturated rings. The van der Waals surface area contributed by atoms with Crippen LogP contribution in [0.2, 0.25) is 0 Å². The van der Waals surface area contributed by atoms with E-state index in [1.165, 1.54) is 32.4 Å². The van der Waals surface area contributed by atoms with Crippen molar-refractivity contribution in [2.45, 2.75) is 6.42 Å². The highest BCUT2D eigenvalue weighted by atomic mass is 16.6. The number of methoxy groups -OCH3 is 2. The number of hydrogen-bond donors (Lipinski definition) is 0. The van der Waals surface area contributed by atoms with Gasteiger partial charge in [0.1, 0.15) is 5.75 Å². The first-order valence-corrected chi connectivity index (χ1v) is 4.46. The molecule has 1 rings (SSSR count). The van der Waals surface area contributed by atoms with Crippen LogP contribution in [0.25, 0.3) is 0 Å². The molecule has 0 aromatic heterocycles. The summed E-state index contributed by atoms with van der Waals surface area (Å²) in [5.41, 5.74) is 0.477. The van der Waals surface area contributed by atoms with E-state index in [1.807, 2.05) is 0 Å². The minimum absolute atomic E-state index is 0.0255. The average molecular weight is 225 g/mol. The fourth-order valence-corrected chi connectivity index (χ4v) is 1.22. The summed E-state index contributed by atoms with van der Waals surface area (Å²) in [4.78, 5) is 21.1. The van der Waals surface area contributed by atoms with Crippen molar-refractivity contribution in [2.75, 3.05) is 14.2 Å². The van der Waals surface area contributed by atoms with Crippen LogP contribution in [0.5, 0.6) is 5.75 Å². The van der Waals surface area contributed by atoms with E-state index in [0.717, 1.165) is 0 Å². The molecule has 16 heavy (non-hydrogen) atoms. The summed E-state index contributed by atoms with van der Waals surface area (Å²) in [6, 6.07) is 4.08. The van der Waals surface area contributed by atoms with Crippen molar-refractivity contribution in [1.29, 1.82) is 0 Å². The zero-order chi connectivity index (χ0) is 12.1. The minimum Gasteiger partial charge on any atom is -0.496 e. The summed E-state index contributed by atoms with van der Waals surface area (Å²) in [6.07, 6.45) is 0.0255. The minimum atomic E-state index is -0.523. The Morgan fingerprint density at radius 3 is 2.62 bits per heavy atom. The number of hydrogen-bond acceptors (Lipinski definition) is 5. The predicted molar refractivity (Wildman–Crippen MR) is 55.4 cm³/mol. The maximum Gasteiger partial charge on any atom is 0.310 e. The molecule has 1 aromatic carbocycles. The molecule has 1 aromatic rings. The lowest BCUT2D eigenvalue weighted by atomic mass is 10.1. The van der Waals surface area contributed by atoms with Crippen LogP contribution in [0.15, 0.2) is 18.2 Å². The van der Waals surface area contributed by atoms with Crippen LogP contribution in [0, 0.1) is 10.1 Å². The number of non-ortho nitro benzene ring substituents is 1. The molecule has 0 N–H and O–H groups in total. The highest BCUT2D eigenvalue weighted by Gasteiger charge is 2.13. The number of ether oxygens (including phenoxy) is 2. The second kappa shape index (κ2) is 5.11. The van der Waals surface area contributed by atoms with Crippen molar-refractivity contribution in [1.82, 2.24) is 0 Å². The van der Waals surface area contributed by atoms with Gasteiger partial charge in [0.2, 0.25) is 0 Å². The highest BCUT2D eigenvalue weighted by Crippen LogP contribution is 2.25. The first kappa shape index (κ1) is 12.0. The molecule has 0 heterocycles. The lowest BCUT2D eigenvalue weighted by Gasteiger charge is -2.06. The smallest absolute Gasteiger partial charge is 0.310 e. The summed E-state index contributed by atoms with van der Waals surface area (Å²) in [5.74, 6) is -0.119. The summed E-state index contributed by atoms with van der Waals surface area (Å²) >= 11 is 0. The Hall–Kier alpha value is -2.11. The number of nitro groups is 1. The first-order chi connectivity index (χ1) is 7.58. The van der Waals surface area contributed by atoms with Gasteiger partial charge in [0.15, 0.2) is 0 Å². The van der Waals surface area contributed by atoms with Crippen LogP contribution in [0.1, 0.15) is 5.56 Å². The highest BCUT2D eigenvalue weighted by molar-refractivity contribution is 5.73. The van der Waals surface area contributed by atoms with Crippen molar-refractivity contribution in [3.05, 3.63) is 33.9 Å². The van der Waals surface area contributed by atoms with E-state index < -0.39 is 10.9 Å². The SMILES string of the molecule is COC(=O)Cc1ccc([N+](=O)[O-])cc1OC. The largest absolute Gasteiger partial charge is 0.496 e. The van der Waals surface area contributed by atoms with Crippen molar-refractivity contribution in [3.63, 3.8) is 0 Å². The molecule has 0 unspecified atom stereocenters. The third kappa shape index (κ3) is 2.69. The third-order valence-electron chi connectivity index (χ3n) is 2.04. The summed E-state index contributed by atoms with van der Waals surface area (Å²) < 4.78 is 9.47. The van der Waals surface area contributed by atoms with Crippen molar-refractivity contribution in [2.24, 2.45) is 0 Å². The first-order valence-electron chi connectivity index (χ1n) is 4.46. The van der Waals surface area contributed by atoms with Gasteiger partial charge in [-0.3, -0.25) is 14.9 Å². The van der Waals surface area contributed by atoms with Gasteiger partial charge in [-0.15, -0.1) is 0 Å². The number of carbonyl (C=O) groups is 1. The van der Waals surface area contributed by atoms with Crippen LogP contribution in [0.3, 0.4) is 0 Å². The topological polar surface area (TPSA) is 78.7 Å². The van der Waals surface area contributed by atoms with E-state index in [9.17, 15) is 14.9 Å². The van der Waals surface area contributed by atoms with Gasteiger partial charge < -0.3 is 9.47 Å². The van der Waals surface area contributed by atoms with Gasteiger partial charge in [-0.2, -0.15) is 0 Å². The molecule has 6 nitrogen and oxygen atoms in total. The van der Waals surface area contributed by atoms with Gasteiger partial charge in [-0.05, 0) is 6.07 Å². The monoisotopic (exact) mass is 225 g/mol. The Kier molecular flexibility index (Phi) is 3.82. The van der Waals surface area contributed by atoms with Gasteiger partial charge >= 0.3 is 5.97 Å². The summed E-state index contributed by atoms with van der Waals surface area (Å²) in [7, 11) is 2.67. The third-order valence-corrected chi connectivity index (χ3v) is 2.04. The Bertz CT molecular complexity index is 416. The Morgan fingerprint density at radius 2 is 2.12 bits per heavy atom. The number of carbonyl (C=O) groups excluding carboxylic acids is 1. The lowest BCUT2D eigenvalue weighted by Crippen LogP contribution is -2.06. The molecule has 0 aliphatic carbocycles. The average Bonchev–Trinajstić information content (AvgIpc) is 2.29. The Morgan fingerprint density at radius 1 is 1.44 bits per heavy atom. The summed E-state index contributed by atoms with van der Waals surface area (Å²) in [5, 5.41) is 10.5. The van der Waals surface area contributed by atoms with Crippen LogP contribution >= 0.6 is 0 Å². The van der Waals surface area contributed by atoms with E-state index in [-0.39, 0.29) is 12.1 Å². The van der Waals surface area contributed by atoms with Gasteiger partial charge in [0, 0.05) is 11.6 Å². The summed E-state index contributed by atoms with van der Waals surface area (Å²) in [6.45, 7) is 0. The standard InChI is InChI=1S/C10H11NO5/c1-15-9-6-8(11(13)14)4-3-7(9)5-10(12)16-2/h3-4,6H,5H2,1-2H3. The molecule has 0 aliphatic heterocycles. The second-order valence-corrected chi connectivity index (χ2v) is 3.01. The quantitative estimate of drug-likeness (QED) is 0.438. The van der Waals surface area contributed by atoms with Crippen LogP contribution < -0.4 is 4.74 Å². The van der Waals surface area contributed by atoms with Gasteiger partial charge in [0.25, 0.3) is 5.69 Å². The fraction of sp³-hybridized carbons (Fsp3) is 0.300. The van der Waals surface area contributed by atoms with Gasteiger partial charge in [-0.1, -0.05) is 0 Å². The molecule has 0 spiro atoms. The van der Waals surface area contributed by atoms with E-state index >= 15 is 0 Å². The molecular formula is C10H11NO5. The molecule has 86 valence electrons. The zero-order valence-electron chi connectivity index (χ0n) is 8.93. The van der Waals surface area contributed by atoms with Crippen LogP contribution in [0.4, 0.5) is 5.69 Å². The van der Waals surface area contributed by atoms with Crippen LogP contribution in [-0.4, -0.2) is 25.1 Å². The van der Waals surface area contributed by atoms with Gasteiger partial charge in [0.05, 0.1) is 31.6 Å². The molecule has 0 aliphatic rings. The molecule has 0 saturated heterocycles. The van der Waals surface area contributed by atoms with E-state index in [4.69, 9.17) is 4.74 Å².